The van der Waals surface area contributed by atoms with Crippen molar-refractivity contribution in [2.24, 2.45) is 0 Å². The molecule has 0 bridgehead atoms. The Morgan fingerprint density at radius 2 is 2.12 bits per heavy atom. The molecule has 1 aliphatic rings. The van der Waals surface area contributed by atoms with E-state index in [0.717, 1.165) is 10.4 Å². The first-order valence-electron chi connectivity index (χ1n) is 7.54. The van der Waals surface area contributed by atoms with Crippen LogP contribution in [0.15, 0.2) is 16.4 Å². The molecule has 1 aliphatic heterocycles. The molecule has 0 aromatic carbocycles. The highest BCUT2D eigenvalue weighted by molar-refractivity contribution is 7.99. The molecule has 11 heteroatoms. The van der Waals surface area contributed by atoms with Gasteiger partial charge in [-0.1, -0.05) is 11.8 Å². The summed E-state index contributed by atoms with van der Waals surface area (Å²) in [5.74, 6) is 0. The van der Waals surface area contributed by atoms with Crippen LogP contribution < -0.4 is 0 Å². The van der Waals surface area contributed by atoms with Crippen molar-refractivity contribution in [2.45, 2.75) is 40.8 Å². The predicted molar refractivity (Wildman–Crippen MR) is 92.7 cm³/mol. The van der Waals surface area contributed by atoms with Crippen LogP contribution in [0.2, 0.25) is 0 Å². The smallest absolute Gasteiger partial charge is 0.190 e. The van der Waals surface area contributed by atoms with Crippen LogP contribution in [0.25, 0.3) is 11.0 Å². The van der Waals surface area contributed by atoms with E-state index in [2.05, 4.69) is 15.1 Å². The fraction of sp³-hybridized carbons (Fsp3) is 0.643. The van der Waals surface area contributed by atoms with E-state index in [1.807, 2.05) is 12.5 Å². The molecule has 2 aromatic heterocycles. The van der Waals surface area contributed by atoms with Crippen molar-refractivity contribution >= 4 is 34.6 Å². The molecule has 9 nitrogen and oxygen atoms in total. The van der Waals surface area contributed by atoms with Crippen LogP contribution in [-0.2, 0) is 9.47 Å². The van der Waals surface area contributed by atoms with E-state index in [9.17, 15) is 15.3 Å². The standard InChI is InChI=1S/C14H20N4O5S2/c1-22-10-8(21)13(23-9(10)7(20)5-19)18-11-6(4-15-18)12(24-2)17-14(16-11)25-3/h4,7-10,13,19-21H,5H2,1-3H3/t7-,8-,9-,10+,13-/m1/s1. The van der Waals surface area contributed by atoms with Gasteiger partial charge in [0.2, 0.25) is 0 Å². The van der Waals surface area contributed by atoms with Gasteiger partial charge < -0.3 is 24.8 Å². The number of ether oxygens (including phenoxy) is 2. The van der Waals surface area contributed by atoms with Crippen LogP contribution in [0.5, 0.6) is 0 Å². The highest BCUT2D eigenvalue weighted by Crippen LogP contribution is 2.35. The summed E-state index contributed by atoms with van der Waals surface area (Å²) in [7, 11) is 1.41. The Labute approximate surface area is 152 Å². The van der Waals surface area contributed by atoms with E-state index in [4.69, 9.17) is 9.47 Å². The zero-order valence-corrected chi connectivity index (χ0v) is 15.6. The van der Waals surface area contributed by atoms with Crippen molar-refractivity contribution in [1.29, 1.82) is 0 Å². The lowest BCUT2D eigenvalue weighted by atomic mass is 10.1. The number of aliphatic hydroxyl groups excluding tert-OH is 3. The van der Waals surface area contributed by atoms with Crippen molar-refractivity contribution in [3.05, 3.63) is 6.20 Å². The van der Waals surface area contributed by atoms with Gasteiger partial charge in [0.15, 0.2) is 17.0 Å². The summed E-state index contributed by atoms with van der Waals surface area (Å²) in [6.07, 6.45) is 0.589. The number of thioether (sulfide) groups is 2. The lowest BCUT2D eigenvalue weighted by Gasteiger charge is -2.21. The Hall–Kier alpha value is -0.950. The van der Waals surface area contributed by atoms with Gasteiger partial charge in [0, 0.05) is 7.11 Å². The number of fused-ring (bicyclic) bond motifs is 1. The van der Waals surface area contributed by atoms with E-state index >= 15 is 0 Å². The molecule has 1 fully saturated rings. The molecule has 0 aliphatic carbocycles. The molecule has 3 heterocycles. The highest BCUT2D eigenvalue weighted by atomic mass is 32.2. The normalized spacial score (nSPS) is 27.9. The third-order valence-corrected chi connectivity index (χ3v) is 5.35. The first-order chi connectivity index (χ1) is 12.0. The van der Waals surface area contributed by atoms with Crippen LogP contribution in [0.1, 0.15) is 6.23 Å². The number of hydrogen-bond acceptors (Lipinski definition) is 10. The molecule has 3 rings (SSSR count). The summed E-state index contributed by atoms with van der Waals surface area (Å²) >= 11 is 2.88. The monoisotopic (exact) mass is 388 g/mol. The minimum Gasteiger partial charge on any atom is -0.394 e. The van der Waals surface area contributed by atoms with Crippen LogP contribution in [0.4, 0.5) is 0 Å². The van der Waals surface area contributed by atoms with Crippen LogP contribution >= 0.6 is 23.5 Å². The fourth-order valence-electron chi connectivity index (χ4n) is 2.88. The van der Waals surface area contributed by atoms with E-state index < -0.39 is 37.3 Å². The second kappa shape index (κ2) is 7.74. The molecule has 1 saturated heterocycles. The molecule has 25 heavy (non-hydrogen) atoms. The van der Waals surface area contributed by atoms with Crippen molar-refractivity contribution in [3.8, 4) is 0 Å². The number of aliphatic hydroxyl groups is 3. The summed E-state index contributed by atoms with van der Waals surface area (Å²) < 4.78 is 12.5. The Kier molecular flexibility index (Phi) is 5.83. The molecule has 0 saturated carbocycles. The van der Waals surface area contributed by atoms with Crippen LogP contribution in [-0.4, -0.2) is 85.7 Å². The van der Waals surface area contributed by atoms with Gasteiger partial charge in [-0.15, -0.1) is 11.8 Å². The molecule has 0 unspecified atom stereocenters. The lowest BCUT2D eigenvalue weighted by Crippen LogP contribution is -2.41. The van der Waals surface area contributed by atoms with Crippen molar-refractivity contribution in [2.75, 3.05) is 26.2 Å². The molecular formula is C14H20N4O5S2. The minimum atomic E-state index is -1.18. The Balaban J connectivity index is 2.04. The summed E-state index contributed by atoms with van der Waals surface area (Å²) in [5, 5.41) is 36.2. The van der Waals surface area contributed by atoms with E-state index in [-0.39, 0.29) is 0 Å². The summed E-state index contributed by atoms with van der Waals surface area (Å²) in [6, 6.07) is 0. The van der Waals surface area contributed by atoms with Crippen molar-refractivity contribution in [3.63, 3.8) is 0 Å². The molecule has 5 atom stereocenters. The SMILES string of the molecule is CO[C@H]1[C@@H](O)[C@H](n2ncc3c(SC)nc(SC)nc32)O[C@@H]1[C@H](O)CO. The molecule has 0 amide bonds. The first kappa shape index (κ1) is 18.8. The van der Waals surface area contributed by atoms with Crippen LogP contribution in [0, 0.1) is 0 Å². The van der Waals surface area contributed by atoms with E-state index in [1.54, 1.807) is 6.20 Å². The maximum absolute atomic E-state index is 10.6. The second-order valence-electron chi connectivity index (χ2n) is 5.48. The number of hydrogen-bond donors (Lipinski definition) is 3. The maximum atomic E-state index is 10.6. The fourth-order valence-corrected chi connectivity index (χ4v) is 3.84. The average molecular weight is 388 g/mol. The number of nitrogens with zero attached hydrogens (tertiary/aromatic N) is 4. The average Bonchev–Trinajstić information content (AvgIpc) is 3.20. The van der Waals surface area contributed by atoms with Gasteiger partial charge in [-0.2, -0.15) is 5.10 Å². The zero-order chi connectivity index (χ0) is 18.1. The van der Waals surface area contributed by atoms with Gasteiger partial charge >= 0.3 is 0 Å². The summed E-state index contributed by atoms with van der Waals surface area (Å²) in [6.45, 7) is -0.501. The summed E-state index contributed by atoms with van der Waals surface area (Å²) in [4.78, 5) is 8.92. The highest BCUT2D eigenvalue weighted by Gasteiger charge is 2.48. The molecular weight excluding hydrogens is 368 g/mol. The zero-order valence-electron chi connectivity index (χ0n) is 13.9. The first-order valence-corrected chi connectivity index (χ1v) is 9.99. The quantitative estimate of drug-likeness (QED) is 0.351. The minimum absolute atomic E-state index is 0.501. The number of rotatable bonds is 6. The van der Waals surface area contributed by atoms with E-state index in [0.29, 0.717) is 10.8 Å². The van der Waals surface area contributed by atoms with Gasteiger partial charge in [-0.25, -0.2) is 14.6 Å². The summed E-state index contributed by atoms with van der Waals surface area (Å²) in [5.41, 5.74) is 0.529. The Morgan fingerprint density at radius 3 is 2.72 bits per heavy atom. The molecule has 0 spiro atoms. The van der Waals surface area contributed by atoms with Gasteiger partial charge in [-0.3, -0.25) is 0 Å². The third kappa shape index (κ3) is 3.25. The van der Waals surface area contributed by atoms with E-state index in [1.165, 1.54) is 35.3 Å². The molecule has 2 aromatic rings. The van der Waals surface area contributed by atoms with Gasteiger partial charge in [0.05, 0.1) is 18.2 Å². The predicted octanol–water partition coefficient (Wildman–Crippen LogP) is -0.103. The van der Waals surface area contributed by atoms with Crippen molar-refractivity contribution in [1.82, 2.24) is 19.7 Å². The van der Waals surface area contributed by atoms with Crippen LogP contribution in [0.3, 0.4) is 0 Å². The maximum Gasteiger partial charge on any atom is 0.190 e. The van der Waals surface area contributed by atoms with Gasteiger partial charge in [0.25, 0.3) is 0 Å². The van der Waals surface area contributed by atoms with Crippen molar-refractivity contribution < 1.29 is 24.8 Å². The second-order valence-corrected chi connectivity index (χ2v) is 7.05. The number of aromatic nitrogens is 4. The molecule has 3 N–H and O–H groups in total. The van der Waals surface area contributed by atoms with Gasteiger partial charge in [-0.05, 0) is 12.5 Å². The third-order valence-electron chi connectivity index (χ3n) is 4.10. The Morgan fingerprint density at radius 1 is 1.36 bits per heavy atom. The lowest BCUT2D eigenvalue weighted by molar-refractivity contribution is -0.103. The van der Waals surface area contributed by atoms with Gasteiger partial charge in [0.1, 0.15) is 29.4 Å². The Bertz CT molecular complexity index is 745. The molecule has 138 valence electrons. The number of methoxy groups -OCH3 is 1. The topological polar surface area (TPSA) is 123 Å². The largest absolute Gasteiger partial charge is 0.394 e. The molecule has 0 radical (unpaired) electrons.